The summed E-state index contributed by atoms with van der Waals surface area (Å²) < 4.78 is 0. The minimum atomic E-state index is -0.816. The fourth-order valence-corrected chi connectivity index (χ4v) is 2.00. The van der Waals surface area contributed by atoms with Gasteiger partial charge in [0.25, 0.3) is 0 Å². The molecule has 108 valence electrons. The zero-order valence-electron chi connectivity index (χ0n) is 10.7. The number of hydrogen-bond donors (Lipinski definition) is 1. The Morgan fingerprint density at radius 1 is 1.20 bits per heavy atom. The van der Waals surface area contributed by atoms with E-state index in [9.17, 15) is 25.0 Å². The number of nitro groups is 2. The van der Waals surface area contributed by atoms with Crippen LogP contribution in [0.1, 0.15) is 30.7 Å². The quantitative estimate of drug-likeness (QED) is 0.335. The molecule has 8 heteroatoms. The summed E-state index contributed by atoms with van der Waals surface area (Å²) in [4.78, 5) is 31.4. The van der Waals surface area contributed by atoms with Crippen molar-refractivity contribution in [3.8, 4) is 0 Å². The van der Waals surface area contributed by atoms with Crippen LogP contribution < -0.4 is 5.73 Å². The largest absolute Gasteiger partial charge is 0.349 e. The monoisotopic (exact) mass is 281 g/mol. The topological polar surface area (TPSA) is 129 Å². The lowest BCUT2D eigenvalue weighted by atomic mass is 9.93. The van der Waals surface area contributed by atoms with Gasteiger partial charge in [-0.3, -0.25) is 20.2 Å². The van der Waals surface area contributed by atoms with E-state index in [1.54, 1.807) is 0 Å². The van der Waals surface area contributed by atoms with Crippen LogP contribution in [0.5, 0.6) is 0 Å². The lowest BCUT2D eigenvalue weighted by Crippen LogP contribution is -2.08. The Labute approximate surface area is 114 Å². The van der Waals surface area contributed by atoms with Gasteiger partial charge in [0, 0.05) is 17.5 Å². The average molecular weight is 281 g/mol. The number of para-hydroxylation sites is 1. The summed E-state index contributed by atoms with van der Waals surface area (Å²) in [5.74, 6) is -0.734. The van der Waals surface area contributed by atoms with Crippen LogP contribution in [0.25, 0.3) is 0 Å². The van der Waals surface area contributed by atoms with Crippen molar-refractivity contribution in [1.29, 1.82) is 0 Å². The molecule has 0 radical (unpaired) electrons. The van der Waals surface area contributed by atoms with Crippen LogP contribution in [0.3, 0.4) is 0 Å². The molecule has 1 aromatic carbocycles. The maximum atomic E-state index is 11.1. The smallest absolute Gasteiger partial charge is 0.330 e. The number of benzene rings is 1. The molecule has 0 saturated carbocycles. The predicted octanol–water partition coefficient (Wildman–Crippen LogP) is 1.91. The third kappa shape index (κ3) is 3.58. The summed E-state index contributed by atoms with van der Waals surface area (Å²) in [5.41, 5.74) is 4.22. The van der Waals surface area contributed by atoms with Gasteiger partial charge in [-0.05, 0) is 19.4 Å². The number of rotatable bonds is 8. The van der Waals surface area contributed by atoms with Gasteiger partial charge >= 0.3 is 11.4 Å². The molecule has 0 aliphatic heterocycles. The molecule has 20 heavy (non-hydrogen) atoms. The standard InChI is InChI=1S/C12H15N3O5/c13-7-2-1-4-9(8-16)10-5-3-6-11(14(17)18)12(10)15(19)20/h3,5-6,8-9H,1-2,4,7,13H2/t9-/m1/s1. The summed E-state index contributed by atoms with van der Waals surface area (Å²) in [6, 6.07) is 3.79. The van der Waals surface area contributed by atoms with Gasteiger partial charge in [0.15, 0.2) is 0 Å². The summed E-state index contributed by atoms with van der Waals surface area (Å²) in [6.45, 7) is 0.461. The highest BCUT2D eigenvalue weighted by Gasteiger charge is 2.31. The number of nitrogens with two attached hydrogens (primary N) is 1. The molecule has 0 spiro atoms. The third-order valence-corrected chi connectivity index (χ3v) is 2.96. The van der Waals surface area contributed by atoms with Crippen LogP contribution >= 0.6 is 0 Å². The average Bonchev–Trinajstić information content (AvgIpc) is 2.42. The first-order valence-corrected chi connectivity index (χ1v) is 6.10. The molecule has 1 atom stereocenters. The van der Waals surface area contributed by atoms with Crippen molar-refractivity contribution < 1.29 is 14.6 Å². The van der Waals surface area contributed by atoms with Crippen molar-refractivity contribution in [2.45, 2.75) is 25.2 Å². The fourth-order valence-electron chi connectivity index (χ4n) is 2.00. The predicted molar refractivity (Wildman–Crippen MR) is 71.5 cm³/mol. The summed E-state index contributed by atoms with van der Waals surface area (Å²) in [7, 11) is 0. The Bertz CT molecular complexity index is 518. The molecule has 0 aliphatic rings. The third-order valence-electron chi connectivity index (χ3n) is 2.96. The molecule has 0 bridgehead atoms. The highest BCUT2D eigenvalue weighted by atomic mass is 16.6. The molecule has 0 aliphatic carbocycles. The second kappa shape index (κ2) is 7.29. The molecule has 0 heterocycles. The second-order valence-electron chi connectivity index (χ2n) is 4.26. The van der Waals surface area contributed by atoms with Gasteiger partial charge in [0.05, 0.1) is 9.85 Å². The fraction of sp³-hybridized carbons (Fsp3) is 0.417. The molecule has 1 rings (SSSR count). The maximum Gasteiger partial charge on any atom is 0.349 e. The Balaban J connectivity index is 3.20. The number of nitrogens with zero attached hydrogens (tertiary/aromatic N) is 2. The van der Waals surface area contributed by atoms with E-state index in [0.29, 0.717) is 32.1 Å². The van der Waals surface area contributed by atoms with Gasteiger partial charge < -0.3 is 10.5 Å². The summed E-state index contributed by atoms with van der Waals surface area (Å²) in [6.07, 6.45) is 2.28. The van der Waals surface area contributed by atoms with Crippen molar-refractivity contribution in [1.82, 2.24) is 0 Å². The van der Waals surface area contributed by atoms with Gasteiger partial charge in [-0.25, -0.2) is 0 Å². The van der Waals surface area contributed by atoms with Crippen molar-refractivity contribution in [3.63, 3.8) is 0 Å². The van der Waals surface area contributed by atoms with Crippen LogP contribution in [0.2, 0.25) is 0 Å². The zero-order valence-corrected chi connectivity index (χ0v) is 10.7. The zero-order chi connectivity index (χ0) is 15.1. The first-order valence-electron chi connectivity index (χ1n) is 6.10. The minimum Gasteiger partial charge on any atom is -0.330 e. The number of unbranched alkanes of at least 4 members (excludes halogenated alkanes) is 1. The van der Waals surface area contributed by atoms with Crippen LogP contribution in [0.15, 0.2) is 18.2 Å². The van der Waals surface area contributed by atoms with E-state index < -0.39 is 27.1 Å². The van der Waals surface area contributed by atoms with Gasteiger partial charge in [-0.1, -0.05) is 18.6 Å². The SMILES string of the molecule is NCCCC[C@H](C=O)c1cccc([N+](=O)[O-])c1[N+](=O)[O-]. The Kier molecular flexibility index (Phi) is 5.73. The Morgan fingerprint density at radius 3 is 2.40 bits per heavy atom. The molecule has 0 fully saturated rings. The van der Waals surface area contributed by atoms with Crippen molar-refractivity contribution in [2.75, 3.05) is 6.54 Å². The minimum absolute atomic E-state index is 0.0798. The van der Waals surface area contributed by atoms with Crippen LogP contribution in [-0.2, 0) is 4.79 Å². The van der Waals surface area contributed by atoms with Gasteiger partial charge in [0.2, 0.25) is 0 Å². The molecule has 0 aromatic heterocycles. The van der Waals surface area contributed by atoms with E-state index in [-0.39, 0.29) is 5.56 Å². The lowest BCUT2D eigenvalue weighted by Gasteiger charge is -2.10. The molecule has 0 saturated heterocycles. The van der Waals surface area contributed by atoms with Gasteiger partial charge in [0.1, 0.15) is 6.29 Å². The summed E-state index contributed by atoms with van der Waals surface area (Å²) >= 11 is 0. The molecule has 8 nitrogen and oxygen atoms in total. The number of carbonyl (C=O) groups is 1. The van der Waals surface area contributed by atoms with Gasteiger partial charge in [-0.15, -0.1) is 0 Å². The van der Waals surface area contributed by atoms with E-state index in [1.807, 2.05) is 0 Å². The molecular weight excluding hydrogens is 266 g/mol. The normalized spacial score (nSPS) is 11.8. The molecule has 0 amide bonds. The highest BCUT2D eigenvalue weighted by Crippen LogP contribution is 2.36. The molecule has 2 N–H and O–H groups in total. The summed E-state index contributed by atoms with van der Waals surface area (Å²) in [5, 5.41) is 21.9. The van der Waals surface area contributed by atoms with Crippen molar-refractivity contribution >= 4 is 17.7 Å². The van der Waals surface area contributed by atoms with Crippen molar-refractivity contribution in [3.05, 3.63) is 44.0 Å². The Hall–Kier alpha value is -2.35. The van der Waals surface area contributed by atoms with Crippen LogP contribution in [-0.4, -0.2) is 22.7 Å². The maximum absolute atomic E-state index is 11.1. The molecule has 1 aromatic rings. The van der Waals surface area contributed by atoms with E-state index in [1.165, 1.54) is 12.1 Å². The first-order chi connectivity index (χ1) is 9.52. The lowest BCUT2D eigenvalue weighted by molar-refractivity contribution is -0.423. The van der Waals surface area contributed by atoms with E-state index in [0.717, 1.165) is 6.07 Å². The number of nitro benzene ring substituents is 2. The van der Waals surface area contributed by atoms with Crippen LogP contribution in [0.4, 0.5) is 11.4 Å². The number of hydrogen-bond acceptors (Lipinski definition) is 6. The molecule has 0 unspecified atom stereocenters. The molecular formula is C12H15N3O5. The van der Waals surface area contributed by atoms with E-state index in [4.69, 9.17) is 5.73 Å². The Morgan fingerprint density at radius 2 is 1.90 bits per heavy atom. The van der Waals surface area contributed by atoms with Gasteiger partial charge in [-0.2, -0.15) is 0 Å². The first kappa shape index (κ1) is 15.7. The number of carbonyl (C=O) groups excluding carboxylic acids is 1. The van der Waals surface area contributed by atoms with E-state index in [2.05, 4.69) is 0 Å². The highest BCUT2D eigenvalue weighted by molar-refractivity contribution is 5.69. The second-order valence-corrected chi connectivity index (χ2v) is 4.26. The van der Waals surface area contributed by atoms with Crippen LogP contribution in [0, 0.1) is 20.2 Å². The van der Waals surface area contributed by atoms with E-state index >= 15 is 0 Å². The van der Waals surface area contributed by atoms with Crippen molar-refractivity contribution in [2.24, 2.45) is 5.73 Å². The number of aldehydes is 1.